The zero-order valence-electron chi connectivity index (χ0n) is 19.5. The second-order valence-electron chi connectivity index (χ2n) is 9.02. The molecule has 2 aliphatic rings. The fourth-order valence-corrected chi connectivity index (χ4v) is 4.34. The standard InChI is InChI=1S/C23H29F3N6O3/c1-30-9-5-17(6-10-30)32-15-20(28-29-32)22(34)27-14-21(33)31-11-7-18(8-12-31)35-19-4-2-3-16(13-19)23(24,25)26/h2-4,13,15,17-18H,5-12,14H2,1H3,(H,27,34). The lowest BCUT2D eigenvalue weighted by atomic mass is 10.1. The molecule has 0 spiro atoms. The molecule has 0 saturated carbocycles. The third kappa shape index (κ3) is 6.50. The number of rotatable bonds is 6. The number of carbonyl (C=O) groups excluding carboxylic acids is 2. The summed E-state index contributed by atoms with van der Waals surface area (Å²) in [5.41, 5.74) is -0.588. The number of nitrogens with zero attached hydrogens (tertiary/aromatic N) is 5. The largest absolute Gasteiger partial charge is 0.490 e. The Morgan fingerprint density at radius 1 is 1.11 bits per heavy atom. The molecule has 3 heterocycles. The lowest BCUT2D eigenvalue weighted by Crippen LogP contribution is -2.46. The van der Waals surface area contributed by atoms with Crippen LogP contribution in [-0.4, -0.2) is 82.5 Å². The minimum Gasteiger partial charge on any atom is -0.490 e. The first-order valence-corrected chi connectivity index (χ1v) is 11.7. The van der Waals surface area contributed by atoms with Crippen molar-refractivity contribution >= 4 is 11.8 Å². The monoisotopic (exact) mass is 494 g/mol. The van der Waals surface area contributed by atoms with E-state index in [0.29, 0.717) is 25.9 Å². The number of benzene rings is 1. The number of alkyl halides is 3. The van der Waals surface area contributed by atoms with Gasteiger partial charge in [0.1, 0.15) is 11.9 Å². The van der Waals surface area contributed by atoms with E-state index in [1.54, 1.807) is 15.8 Å². The van der Waals surface area contributed by atoms with Crippen LogP contribution < -0.4 is 10.1 Å². The Bertz CT molecular complexity index is 1030. The van der Waals surface area contributed by atoms with Crippen LogP contribution in [0.5, 0.6) is 5.75 Å². The van der Waals surface area contributed by atoms with Crippen molar-refractivity contribution in [3.63, 3.8) is 0 Å². The maximum absolute atomic E-state index is 12.9. The molecule has 0 atom stereocenters. The van der Waals surface area contributed by atoms with Gasteiger partial charge in [-0.1, -0.05) is 11.3 Å². The molecule has 0 bridgehead atoms. The zero-order valence-corrected chi connectivity index (χ0v) is 19.5. The van der Waals surface area contributed by atoms with Gasteiger partial charge in [-0.25, -0.2) is 4.68 Å². The molecule has 190 valence electrons. The Balaban J connectivity index is 1.21. The maximum atomic E-state index is 12.9. The van der Waals surface area contributed by atoms with E-state index in [-0.39, 0.29) is 36.0 Å². The summed E-state index contributed by atoms with van der Waals surface area (Å²) in [5, 5.41) is 10.6. The quantitative estimate of drug-likeness (QED) is 0.663. The molecule has 2 aliphatic heterocycles. The van der Waals surface area contributed by atoms with E-state index in [4.69, 9.17) is 4.74 Å². The van der Waals surface area contributed by atoms with Crippen LogP contribution in [0.3, 0.4) is 0 Å². The van der Waals surface area contributed by atoms with E-state index >= 15 is 0 Å². The molecule has 2 aromatic rings. The first kappa shape index (κ1) is 25.0. The molecule has 0 aliphatic carbocycles. The predicted molar refractivity (Wildman–Crippen MR) is 120 cm³/mol. The van der Waals surface area contributed by atoms with E-state index in [0.717, 1.165) is 38.1 Å². The molecule has 2 fully saturated rings. The molecule has 0 unspecified atom stereocenters. The van der Waals surface area contributed by atoms with Crippen molar-refractivity contribution in [1.29, 1.82) is 0 Å². The van der Waals surface area contributed by atoms with Crippen molar-refractivity contribution in [2.24, 2.45) is 0 Å². The topological polar surface area (TPSA) is 92.6 Å². The lowest BCUT2D eigenvalue weighted by Gasteiger charge is -2.32. The molecule has 2 saturated heterocycles. The van der Waals surface area contributed by atoms with Gasteiger partial charge in [0.25, 0.3) is 5.91 Å². The van der Waals surface area contributed by atoms with Gasteiger partial charge >= 0.3 is 6.18 Å². The van der Waals surface area contributed by atoms with Crippen molar-refractivity contribution in [2.75, 3.05) is 39.8 Å². The molecule has 1 aromatic heterocycles. The molecule has 2 amide bonds. The van der Waals surface area contributed by atoms with Gasteiger partial charge in [0, 0.05) is 25.9 Å². The van der Waals surface area contributed by atoms with Gasteiger partial charge < -0.3 is 19.9 Å². The zero-order chi connectivity index (χ0) is 25.0. The minimum absolute atomic E-state index is 0.158. The predicted octanol–water partition coefficient (Wildman–Crippen LogP) is 2.36. The number of likely N-dealkylation sites (tertiary alicyclic amines) is 2. The second kappa shape index (κ2) is 10.6. The van der Waals surface area contributed by atoms with Gasteiger partial charge in [0.2, 0.25) is 5.91 Å². The van der Waals surface area contributed by atoms with Gasteiger partial charge in [0.05, 0.1) is 24.3 Å². The summed E-state index contributed by atoms with van der Waals surface area (Å²) in [5.74, 6) is -0.538. The van der Waals surface area contributed by atoms with Crippen LogP contribution in [0.25, 0.3) is 0 Å². The highest BCUT2D eigenvalue weighted by Gasteiger charge is 2.31. The van der Waals surface area contributed by atoms with E-state index in [9.17, 15) is 22.8 Å². The van der Waals surface area contributed by atoms with Gasteiger partial charge in [-0.05, 0) is 51.2 Å². The van der Waals surface area contributed by atoms with Gasteiger partial charge in [0.15, 0.2) is 5.69 Å². The van der Waals surface area contributed by atoms with E-state index < -0.39 is 17.6 Å². The highest BCUT2D eigenvalue weighted by Crippen LogP contribution is 2.32. The summed E-state index contributed by atoms with van der Waals surface area (Å²) in [4.78, 5) is 28.8. The summed E-state index contributed by atoms with van der Waals surface area (Å²) < 4.78 is 46.1. The number of aromatic nitrogens is 3. The number of carbonyl (C=O) groups is 2. The van der Waals surface area contributed by atoms with Crippen LogP contribution in [0.4, 0.5) is 13.2 Å². The Hall–Kier alpha value is -3.15. The van der Waals surface area contributed by atoms with Crippen molar-refractivity contribution in [3.8, 4) is 5.75 Å². The Kier molecular flexibility index (Phi) is 7.58. The number of hydrogen-bond acceptors (Lipinski definition) is 6. The SMILES string of the molecule is CN1CCC(n2cc(C(=O)NCC(=O)N3CCC(Oc4cccc(C(F)(F)F)c4)CC3)nn2)CC1. The number of nitrogens with one attached hydrogen (secondary N) is 1. The third-order valence-corrected chi connectivity index (χ3v) is 6.46. The van der Waals surface area contributed by atoms with Crippen LogP contribution in [0, 0.1) is 0 Å². The fourth-order valence-electron chi connectivity index (χ4n) is 4.34. The average Bonchev–Trinajstić information content (AvgIpc) is 3.33. The van der Waals surface area contributed by atoms with Gasteiger partial charge in [-0.2, -0.15) is 13.2 Å². The second-order valence-corrected chi connectivity index (χ2v) is 9.02. The molecule has 0 radical (unpaired) electrons. The maximum Gasteiger partial charge on any atom is 0.416 e. The summed E-state index contributed by atoms with van der Waals surface area (Å²) >= 11 is 0. The molecule has 1 aromatic carbocycles. The fraction of sp³-hybridized carbons (Fsp3) is 0.565. The average molecular weight is 495 g/mol. The van der Waals surface area contributed by atoms with Crippen molar-refractivity contribution in [1.82, 2.24) is 30.1 Å². The van der Waals surface area contributed by atoms with Crippen molar-refractivity contribution in [3.05, 3.63) is 41.7 Å². The minimum atomic E-state index is -4.43. The number of hydrogen-bond donors (Lipinski definition) is 1. The first-order valence-electron chi connectivity index (χ1n) is 11.7. The summed E-state index contributed by atoms with van der Waals surface area (Å²) in [6, 6.07) is 4.99. The van der Waals surface area contributed by atoms with Gasteiger partial charge in [-0.3, -0.25) is 9.59 Å². The van der Waals surface area contributed by atoms with Crippen LogP contribution in [0.15, 0.2) is 30.5 Å². The van der Waals surface area contributed by atoms with Crippen LogP contribution in [0.2, 0.25) is 0 Å². The highest BCUT2D eigenvalue weighted by molar-refractivity contribution is 5.94. The van der Waals surface area contributed by atoms with E-state index in [1.807, 2.05) is 0 Å². The summed E-state index contributed by atoms with van der Waals surface area (Å²) in [6.07, 6.45) is -0.249. The molecule has 35 heavy (non-hydrogen) atoms. The highest BCUT2D eigenvalue weighted by atomic mass is 19.4. The number of ether oxygens (including phenoxy) is 1. The molecule has 4 rings (SSSR count). The molecular weight excluding hydrogens is 465 g/mol. The normalized spacial score (nSPS) is 18.5. The van der Waals surface area contributed by atoms with Crippen molar-refractivity contribution < 1.29 is 27.5 Å². The third-order valence-electron chi connectivity index (χ3n) is 6.46. The number of piperidine rings is 2. The van der Waals surface area contributed by atoms with E-state index in [2.05, 4.69) is 27.6 Å². The smallest absolute Gasteiger partial charge is 0.416 e. The Morgan fingerprint density at radius 3 is 2.51 bits per heavy atom. The Morgan fingerprint density at radius 2 is 1.83 bits per heavy atom. The molecular formula is C23H29F3N6O3. The van der Waals surface area contributed by atoms with Crippen LogP contribution in [0.1, 0.15) is 47.8 Å². The van der Waals surface area contributed by atoms with Crippen LogP contribution >= 0.6 is 0 Å². The first-order chi connectivity index (χ1) is 16.7. The van der Waals surface area contributed by atoms with Crippen LogP contribution in [-0.2, 0) is 11.0 Å². The molecule has 9 nitrogen and oxygen atoms in total. The number of amides is 2. The molecule has 1 N–H and O–H groups in total. The summed E-state index contributed by atoms with van der Waals surface area (Å²) in [6.45, 7) is 2.54. The van der Waals surface area contributed by atoms with Gasteiger partial charge in [-0.15, -0.1) is 5.10 Å². The number of halogens is 3. The summed E-state index contributed by atoms with van der Waals surface area (Å²) in [7, 11) is 2.07. The lowest BCUT2D eigenvalue weighted by molar-refractivity contribution is -0.138. The van der Waals surface area contributed by atoms with E-state index in [1.165, 1.54) is 12.1 Å². The Labute approximate surface area is 201 Å². The van der Waals surface area contributed by atoms with Crippen molar-refractivity contribution in [2.45, 2.75) is 44.0 Å². The molecule has 12 heteroatoms.